The Bertz CT molecular complexity index is 283. The van der Waals surface area contributed by atoms with E-state index in [0.29, 0.717) is 10.5 Å². The summed E-state index contributed by atoms with van der Waals surface area (Å²) in [4.78, 5) is 5.23. The van der Waals surface area contributed by atoms with Gasteiger partial charge in [-0.2, -0.15) is 0 Å². The van der Waals surface area contributed by atoms with Gasteiger partial charge >= 0.3 is 0 Å². The van der Waals surface area contributed by atoms with E-state index in [2.05, 4.69) is 15.6 Å². The van der Waals surface area contributed by atoms with E-state index < -0.39 is 0 Å². The highest BCUT2D eigenvalue weighted by Gasteiger charge is 2.12. The fourth-order valence-corrected chi connectivity index (χ4v) is 2.57. The van der Waals surface area contributed by atoms with Crippen LogP contribution in [0, 0.1) is 0 Å². The molecule has 0 amide bonds. The van der Waals surface area contributed by atoms with Gasteiger partial charge in [-0.1, -0.05) is 11.6 Å². The lowest BCUT2D eigenvalue weighted by atomic mass is 10.1. The van der Waals surface area contributed by atoms with Gasteiger partial charge in [0.15, 0.2) is 4.47 Å². The second kappa shape index (κ2) is 5.07. The largest absolute Gasteiger partial charge is 0.317 e. The summed E-state index contributed by atoms with van der Waals surface area (Å²) in [7, 11) is 0. The van der Waals surface area contributed by atoms with Crippen molar-refractivity contribution in [3.05, 3.63) is 15.5 Å². The second-order valence-electron chi connectivity index (χ2n) is 3.48. The molecule has 1 fully saturated rings. The Hall–Kier alpha value is -0.160. The monoisotopic (exact) mass is 231 g/mol. The van der Waals surface area contributed by atoms with Gasteiger partial charge in [0.05, 0.1) is 0 Å². The van der Waals surface area contributed by atoms with Gasteiger partial charge in [0.1, 0.15) is 0 Å². The van der Waals surface area contributed by atoms with Crippen molar-refractivity contribution < 1.29 is 0 Å². The maximum Gasteiger partial charge on any atom is 0.183 e. The molecule has 1 aromatic heterocycles. The molecule has 2 N–H and O–H groups in total. The van der Waals surface area contributed by atoms with E-state index in [0.717, 1.165) is 19.6 Å². The van der Waals surface area contributed by atoms with Crippen LogP contribution in [0.25, 0.3) is 0 Å². The van der Waals surface area contributed by atoms with Gasteiger partial charge in [-0.15, -0.1) is 11.3 Å². The molecule has 0 spiro atoms. The predicted octanol–water partition coefficient (Wildman–Crippen LogP) is 1.64. The second-order valence-corrected chi connectivity index (χ2v) is 5.18. The number of nitrogens with zero attached hydrogens (tertiary/aromatic N) is 1. The fourth-order valence-electron chi connectivity index (χ4n) is 1.64. The molecular formula is C9H14ClN3S. The summed E-state index contributed by atoms with van der Waals surface area (Å²) in [5, 5.41) is 6.87. The Morgan fingerprint density at radius 1 is 1.57 bits per heavy atom. The lowest BCUT2D eigenvalue weighted by Crippen LogP contribution is -2.39. The van der Waals surface area contributed by atoms with Crippen LogP contribution < -0.4 is 10.6 Å². The molecule has 2 rings (SSSR count). The summed E-state index contributed by atoms with van der Waals surface area (Å²) < 4.78 is 0.632. The molecule has 5 heteroatoms. The highest BCUT2D eigenvalue weighted by Crippen LogP contribution is 2.17. The minimum Gasteiger partial charge on any atom is -0.317 e. The summed E-state index contributed by atoms with van der Waals surface area (Å²) in [5.41, 5.74) is 0. The fraction of sp³-hybridized carbons (Fsp3) is 0.667. The van der Waals surface area contributed by atoms with Crippen LogP contribution in [-0.4, -0.2) is 24.1 Å². The quantitative estimate of drug-likeness (QED) is 0.831. The molecule has 0 aliphatic carbocycles. The van der Waals surface area contributed by atoms with E-state index in [1.54, 1.807) is 11.3 Å². The number of rotatable bonds is 3. The van der Waals surface area contributed by atoms with E-state index in [1.165, 1.54) is 17.7 Å². The van der Waals surface area contributed by atoms with Gasteiger partial charge in [0.2, 0.25) is 0 Å². The van der Waals surface area contributed by atoms with Crippen LogP contribution in [0.1, 0.15) is 17.7 Å². The maximum absolute atomic E-state index is 5.75. The molecule has 0 radical (unpaired) electrons. The molecule has 0 aromatic carbocycles. The lowest BCUT2D eigenvalue weighted by molar-refractivity contribution is 0.387. The van der Waals surface area contributed by atoms with Crippen LogP contribution in [0.4, 0.5) is 0 Å². The lowest BCUT2D eigenvalue weighted by Gasteiger charge is -2.23. The molecule has 78 valence electrons. The molecule has 3 nitrogen and oxygen atoms in total. The number of aromatic nitrogens is 1. The Morgan fingerprint density at radius 3 is 3.00 bits per heavy atom. The number of halogens is 1. The summed E-state index contributed by atoms with van der Waals surface area (Å²) in [6, 6.07) is 0.650. The molecule has 1 aliphatic heterocycles. The molecule has 14 heavy (non-hydrogen) atoms. The average Bonchev–Trinajstić information content (AvgIpc) is 2.63. The van der Waals surface area contributed by atoms with E-state index >= 15 is 0 Å². The number of hydrogen-bond acceptors (Lipinski definition) is 4. The van der Waals surface area contributed by atoms with Gasteiger partial charge in [-0.25, -0.2) is 4.98 Å². The van der Waals surface area contributed by atoms with Crippen molar-refractivity contribution in [1.82, 2.24) is 15.6 Å². The van der Waals surface area contributed by atoms with Crippen LogP contribution in [-0.2, 0) is 6.54 Å². The van der Waals surface area contributed by atoms with Gasteiger partial charge in [-0.3, -0.25) is 0 Å². The summed E-state index contributed by atoms with van der Waals surface area (Å²) in [6.45, 7) is 3.15. The molecule has 0 saturated carbocycles. The average molecular weight is 232 g/mol. The van der Waals surface area contributed by atoms with Crippen molar-refractivity contribution >= 4 is 22.9 Å². The molecule has 0 bridgehead atoms. The third-order valence-electron chi connectivity index (χ3n) is 2.43. The maximum atomic E-state index is 5.75. The summed E-state index contributed by atoms with van der Waals surface area (Å²) in [5.74, 6) is 0. The normalized spacial score (nSPS) is 18.6. The molecule has 1 aromatic rings. The Labute approximate surface area is 92.9 Å². The van der Waals surface area contributed by atoms with Crippen LogP contribution in [0.5, 0.6) is 0 Å². The third kappa shape index (κ3) is 2.92. The number of hydrogen-bond donors (Lipinski definition) is 2. The van der Waals surface area contributed by atoms with E-state index in [4.69, 9.17) is 11.6 Å². The van der Waals surface area contributed by atoms with Crippen molar-refractivity contribution in [3.8, 4) is 0 Å². The number of thiazole rings is 1. The molecule has 1 aliphatic rings. The molecular weight excluding hydrogens is 218 g/mol. The van der Waals surface area contributed by atoms with Crippen molar-refractivity contribution in [2.75, 3.05) is 13.1 Å². The molecule has 0 atom stereocenters. The van der Waals surface area contributed by atoms with Crippen molar-refractivity contribution in [2.45, 2.75) is 25.4 Å². The van der Waals surface area contributed by atoms with Gasteiger partial charge in [-0.05, 0) is 25.9 Å². The topological polar surface area (TPSA) is 37.0 Å². The van der Waals surface area contributed by atoms with Gasteiger partial charge in [0.25, 0.3) is 0 Å². The van der Waals surface area contributed by atoms with E-state index in [-0.39, 0.29) is 0 Å². The highest BCUT2D eigenvalue weighted by molar-refractivity contribution is 7.15. The number of nitrogens with one attached hydrogen (secondary N) is 2. The van der Waals surface area contributed by atoms with Crippen LogP contribution in [0.2, 0.25) is 4.47 Å². The summed E-state index contributed by atoms with van der Waals surface area (Å²) >= 11 is 7.30. The Balaban J connectivity index is 1.76. The summed E-state index contributed by atoms with van der Waals surface area (Å²) in [6.07, 6.45) is 4.28. The predicted molar refractivity (Wildman–Crippen MR) is 59.9 cm³/mol. The zero-order valence-electron chi connectivity index (χ0n) is 7.92. The first-order valence-corrected chi connectivity index (χ1v) is 6.08. The first-order chi connectivity index (χ1) is 6.84. The Morgan fingerprint density at radius 2 is 2.36 bits per heavy atom. The Kier molecular flexibility index (Phi) is 3.75. The number of piperidine rings is 1. The molecule has 2 heterocycles. The smallest absolute Gasteiger partial charge is 0.183 e. The van der Waals surface area contributed by atoms with Crippen molar-refractivity contribution in [2.24, 2.45) is 0 Å². The first kappa shape index (κ1) is 10.4. The molecule has 0 unspecified atom stereocenters. The van der Waals surface area contributed by atoms with Gasteiger partial charge in [0, 0.05) is 23.7 Å². The minimum atomic E-state index is 0.632. The van der Waals surface area contributed by atoms with Crippen LogP contribution in [0.3, 0.4) is 0 Å². The third-order valence-corrected chi connectivity index (χ3v) is 3.54. The van der Waals surface area contributed by atoms with Crippen molar-refractivity contribution in [1.29, 1.82) is 0 Å². The van der Waals surface area contributed by atoms with Crippen LogP contribution >= 0.6 is 22.9 Å². The van der Waals surface area contributed by atoms with Gasteiger partial charge < -0.3 is 10.6 Å². The zero-order valence-corrected chi connectivity index (χ0v) is 9.50. The van der Waals surface area contributed by atoms with Crippen LogP contribution in [0.15, 0.2) is 6.20 Å². The van der Waals surface area contributed by atoms with Crippen molar-refractivity contribution in [3.63, 3.8) is 0 Å². The van der Waals surface area contributed by atoms with E-state index in [9.17, 15) is 0 Å². The molecule has 1 saturated heterocycles. The first-order valence-electron chi connectivity index (χ1n) is 4.89. The highest BCUT2D eigenvalue weighted by atomic mass is 35.5. The zero-order chi connectivity index (χ0) is 9.80. The SMILES string of the molecule is Clc1ncc(CNC2CCNCC2)s1. The minimum absolute atomic E-state index is 0.632. The standard InChI is InChI=1S/C9H14ClN3S/c10-9-13-6-8(14-9)5-12-7-1-3-11-4-2-7/h6-7,11-12H,1-5H2. The van der Waals surface area contributed by atoms with E-state index in [1.807, 2.05) is 6.20 Å².